The van der Waals surface area contributed by atoms with Gasteiger partial charge in [-0.2, -0.15) is 0 Å². The lowest BCUT2D eigenvalue weighted by atomic mass is 10.00. The van der Waals surface area contributed by atoms with E-state index >= 15 is 0 Å². The molecule has 0 aliphatic carbocycles. The predicted octanol–water partition coefficient (Wildman–Crippen LogP) is 0.997. The van der Waals surface area contributed by atoms with Crippen LogP contribution in [0.2, 0.25) is 0 Å². The molecule has 1 fully saturated rings. The van der Waals surface area contributed by atoms with Gasteiger partial charge in [0.2, 0.25) is 5.95 Å². The van der Waals surface area contributed by atoms with Crippen molar-refractivity contribution < 1.29 is 0 Å². The van der Waals surface area contributed by atoms with Crippen molar-refractivity contribution in [3.05, 3.63) is 18.0 Å². The number of piperidine rings is 1. The molecule has 0 amide bonds. The third-order valence-electron chi connectivity index (χ3n) is 2.99. The molecule has 0 aromatic carbocycles. The summed E-state index contributed by atoms with van der Waals surface area (Å²) < 4.78 is 0. The van der Waals surface area contributed by atoms with Gasteiger partial charge in [-0.25, -0.2) is 9.97 Å². The second-order valence-electron chi connectivity index (χ2n) is 4.33. The van der Waals surface area contributed by atoms with Crippen molar-refractivity contribution in [1.82, 2.24) is 9.97 Å². The molecule has 86 valence electrons. The summed E-state index contributed by atoms with van der Waals surface area (Å²) in [5.41, 5.74) is 5.91. The Hall–Kier alpha value is -1.65. The van der Waals surface area contributed by atoms with Crippen molar-refractivity contribution in [3.8, 4) is 0 Å². The number of amidine groups is 1. The molecule has 0 saturated carbocycles. The Morgan fingerprint density at radius 2 is 2.19 bits per heavy atom. The molecule has 0 spiro atoms. The number of rotatable bonds is 2. The van der Waals surface area contributed by atoms with Gasteiger partial charge in [-0.3, -0.25) is 5.41 Å². The van der Waals surface area contributed by atoms with E-state index in [1.54, 1.807) is 12.3 Å². The topological polar surface area (TPSA) is 78.9 Å². The number of hydrogen-bond donors (Lipinski definition) is 2. The zero-order valence-electron chi connectivity index (χ0n) is 9.48. The fourth-order valence-electron chi connectivity index (χ4n) is 1.86. The molecule has 2 heterocycles. The summed E-state index contributed by atoms with van der Waals surface area (Å²) in [6, 6.07) is 1.67. The average Bonchev–Trinajstić information content (AvgIpc) is 2.30. The number of aromatic nitrogens is 2. The SMILES string of the molecule is CC1CCN(c2nccc(C(=N)N)n2)CC1. The molecule has 16 heavy (non-hydrogen) atoms. The monoisotopic (exact) mass is 219 g/mol. The molecule has 0 atom stereocenters. The van der Waals surface area contributed by atoms with Gasteiger partial charge in [0.25, 0.3) is 0 Å². The van der Waals surface area contributed by atoms with E-state index in [4.69, 9.17) is 11.1 Å². The number of nitrogen functional groups attached to an aromatic ring is 1. The Balaban J connectivity index is 2.14. The normalized spacial score (nSPS) is 17.4. The Morgan fingerprint density at radius 1 is 1.50 bits per heavy atom. The minimum absolute atomic E-state index is 0.00553. The second kappa shape index (κ2) is 4.47. The summed E-state index contributed by atoms with van der Waals surface area (Å²) in [4.78, 5) is 10.7. The number of nitrogens with two attached hydrogens (primary N) is 1. The largest absolute Gasteiger partial charge is 0.382 e. The highest BCUT2D eigenvalue weighted by molar-refractivity contribution is 5.93. The van der Waals surface area contributed by atoms with Crippen molar-refractivity contribution in [2.24, 2.45) is 11.7 Å². The number of hydrogen-bond acceptors (Lipinski definition) is 4. The summed E-state index contributed by atoms with van der Waals surface area (Å²) in [7, 11) is 0. The molecular weight excluding hydrogens is 202 g/mol. The lowest BCUT2D eigenvalue weighted by Crippen LogP contribution is -2.34. The number of nitrogens with one attached hydrogen (secondary N) is 1. The van der Waals surface area contributed by atoms with Crippen LogP contribution in [0.4, 0.5) is 5.95 Å². The lowest BCUT2D eigenvalue weighted by molar-refractivity contribution is 0.434. The van der Waals surface area contributed by atoms with Crippen LogP contribution in [0.3, 0.4) is 0 Å². The summed E-state index contributed by atoms with van der Waals surface area (Å²) in [6.07, 6.45) is 4.01. The molecule has 1 aromatic rings. The van der Waals surface area contributed by atoms with E-state index in [0.717, 1.165) is 19.0 Å². The third-order valence-corrected chi connectivity index (χ3v) is 2.99. The molecule has 1 aromatic heterocycles. The van der Waals surface area contributed by atoms with Gasteiger partial charge >= 0.3 is 0 Å². The lowest BCUT2D eigenvalue weighted by Gasteiger charge is -2.30. The zero-order valence-corrected chi connectivity index (χ0v) is 9.48. The van der Waals surface area contributed by atoms with E-state index < -0.39 is 0 Å². The Labute approximate surface area is 95.2 Å². The maximum absolute atomic E-state index is 7.35. The van der Waals surface area contributed by atoms with Crippen LogP contribution in [0, 0.1) is 11.3 Å². The maximum Gasteiger partial charge on any atom is 0.225 e. The van der Waals surface area contributed by atoms with Gasteiger partial charge in [0, 0.05) is 19.3 Å². The first-order chi connectivity index (χ1) is 7.66. The molecule has 1 aliphatic rings. The van der Waals surface area contributed by atoms with E-state index in [9.17, 15) is 0 Å². The molecule has 0 bridgehead atoms. The van der Waals surface area contributed by atoms with Crippen molar-refractivity contribution in [2.75, 3.05) is 18.0 Å². The molecule has 1 aliphatic heterocycles. The van der Waals surface area contributed by atoms with Gasteiger partial charge in [0.05, 0.1) is 0 Å². The first-order valence-corrected chi connectivity index (χ1v) is 5.59. The highest BCUT2D eigenvalue weighted by atomic mass is 15.3. The van der Waals surface area contributed by atoms with Gasteiger partial charge < -0.3 is 10.6 Å². The molecule has 2 rings (SSSR count). The van der Waals surface area contributed by atoms with Crippen molar-refractivity contribution in [3.63, 3.8) is 0 Å². The van der Waals surface area contributed by atoms with E-state index in [2.05, 4.69) is 21.8 Å². The second-order valence-corrected chi connectivity index (χ2v) is 4.33. The van der Waals surface area contributed by atoms with Crippen LogP contribution < -0.4 is 10.6 Å². The summed E-state index contributed by atoms with van der Waals surface area (Å²) in [5.74, 6) is 1.47. The fraction of sp³-hybridized carbons (Fsp3) is 0.545. The number of anilines is 1. The van der Waals surface area contributed by atoms with Crippen molar-refractivity contribution >= 4 is 11.8 Å². The van der Waals surface area contributed by atoms with Crippen LogP contribution in [0.1, 0.15) is 25.5 Å². The predicted molar refractivity (Wildman–Crippen MR) is 63.7 cm³/mol. The van der Waals surface area contributed by atoms with E-state index in [1.807, 2.05) is 0 Å². The standard InChI is InChI=1S/C11H17N5/c1-8-3-6-16(7-4-8)11-14-5-2-9(15-11)10(12)13/h2,5,8H,3-4,6-7H2,1H3,(H3,12,13). The minimum atomic E-state index is -0.00553. The van der Waals surface area contributed by atoms with E-state index in [-0.39, 0.29) is 5.84 Å². The quantitative estimate of drug-likeness (QED) is 0.574. The minimum Gasteiger partial charge on any atom is -0.382 e. The summed E-state index contributed by atoms with van der Waals surface area (Å²) in [5, 5.41) is 7.35. The Bertz CT molecular complexity index is 382. The molecule has 0 radical (unpaired) electrons. The van der Waals surface area contributed by atoms with Crippen molar-refractivity contribution in [1.29, 1.82) is 5.41 Å². The van der Waals surface area contributed by atoms with Crippen molar-refractivity contribution in [2.45, 2.75) is 19.8 Å². The van der Waals surface area contributed by atoms with E-state index in [1.165, 1.54) is 12.8 Å². The average molecular weight is 219 g/mol. The first-order valence-electron chi connectivity index (χ1n) is 5.59. The van der Waals surface area contributed by atoms with Crippen LogP contribution in [0.15, 0.2) is 12.3 Å². The molecule has 5 heteroatoms. The molecule has 3 N–H and O–H groups in total. The molecule has 5 nitrogen and oxygen atoms in total. The first kappa shape index (κ1) is 10.9. The summed E-state index contributed by atoms with van der Waals surface area (Å²) in [6.45, 7) is 4.25. The van der Waals surface area contributed by atoms with E-state index in [0.29, 0.717) is 11.6 Å². The van der Waals surface area contributed by atoms with Gasteiger partial charge in [0.15, 0.2) is 0 Å². The van der Waals surface area contributed by atoms with Crippen LogP contribution in [0.5, 0.6) is 0 Å². The van der Waals surface area contributed by atoms with Gasteiger partial charge in [-0.05, 0) is 24.8 Å². The highest BCUT2D eigenvalue weighted by Crippen LogP contribution is 2.19. The Kier molecular flexibility index (Phi) is 3.03. The smallest absolute Gasteiger partial charge is 0.225 e. The molecule has 1 saturated heterocycles. The fourth-order valence-corrected chi connectivity index (χ4v) is 1.86. The molecule has 0 unspecified atom stereocenters. The highest BCUT2D eigenvalue weighted by Gasteiger charge is 2.18. The molecular formula is C11H17N5. The van der Waals surface area contributed by atoms with Gasteiger partial charge in [-0.1, -0.05) is 6.92 Å². The van der Waals surface area contributed by atoms with Gasteiger partial charge in [-0.15, -0.1) is 0 Å². The maximum atomic E-state index is 7.35. The summed E-state index contributed by atoms with van der Waals surface area (Å²) >= 11 is 0. The Morgan fingerprint density at radius 3 is 2.81 bits per heavy atom. The van der Waals surface area contributed by atoms with Gasteiger partial charge in [0.1, 0.15) is 11.5 Å². The van der Waals surface area contributed by atoms with Crippen LogP contribution in [0.25, 0.3) is 0 Å². The van der Waals surface area contributed by atoms with Crippen LogP contribution >= 0.6 is 0 Å². The van der Waals surface area contributed by atoms with Crippen LogP contribution in [-0.2, 0) is 0 Å². The third kappa shape index (κ3) is 2.29. The van der Waals surface area contributed by atoms with Crippen LogP contribution in [-0.4, -0.2) is 28.9 Å². The zero-order chi connectivity index (χ0) is 11.5. The number of nitrogens with zero attached hydrogens (tertiary/aromatic N) is 3.